The van der Waals surface area contributed by atoms with Gasteiger partial charge in [0.25, 0.3) is 9.68 Å². The second-order valence-electron chi connectivity index (χ2n) is 5.29. The van der Waals surface area contributed by atoms with Crippen molar-refractivity contribution in [2.75, 3.05) is 0 Å². The number of rotatable bonds is 3. The maximum Gasteiger partial charge on any atom is 0.373 e. The molecule has 0 spiro atoms. The van der Waals surface area contributed by atoms with Gasteiger partial charge >= 0.3 is 5.80 Å². The summed E-state index contributed by atoms with van der Waals surface area (Å²) in [6.45, 7) is 11.9. The first-order chi connectivity index (χ1) is 5.84. The van der Waals surface area contributed by atoms with E-state index in [0.29, 0.717) is 0 Å². The lowest BCUT2D eigenvalue weighted by atomic mass is 11.5. The van der Waals surface area contributed by atoms with E-state index in [4.69, 9.17) is 0 Å². The fourth-order valence-corrected chi connectivity index (χ4v) is 13.2. The molecule has 2 radical (unpaired) electrons. The summed E-state index contributed by atoms with van der Waals surface area (Å²) in [6.07, 6.45) is 0. The van der Waals surface area contributed by atoms with Crippen LogP contribution in [0.25, 0.3) is 0 Å². The smallest absolute Gasteiger partial charge is 0.363 e. The molecule has 0 aliphatic carbocycles. The van der Waals surface area contributed by atoms with Gasteiger partial charge in [-0.3, -0.25) is 0 Å². The molecule has 0 N–H and O–H groups in total. The third-order valence-electron chi connectivity index (χ3n) is 1.58. The molecule has 0 atom stereocenters. The highest BCUT2D eigenvalue weighted by molar-refractivity contribution is 6.96. The maximum absolute atomic E-state index is 12.4. The molecule has 0 heterocycles. The van der Waals surface area contributed by atoms with Gasteiger partial charge in [0.15, 0.2) is 0 Å². The second-order valence-corrected chi connectivity index (χ2v) is 17.4. The molecular formula is C7H18F3NSi3. The molecule has 0 aliphatic heterocycles. The number of alkyl halides is 3. The monoisotopic (exact) mass is 257 g/mol. The Balaban J connectivity index is 4.78. The van der Waals surface area contributed by atoms with Gasteiger partial charge in [0.2, 0.25) is 0 Å². The van der Waals surface area contributed by atoms with E-state index in [-0.39, 0.29) is 0 Å². The number of hydrogen-bond donors (Lipinski definition) is 0. The predicted molar refractivity (Wildman–Crippen MR) is 60.3 cm³/mol. The summed E-state index contributed by atoms with van der Waals surface area (Å²) < 4.78 is 38.9. The van der Waals surface area contributed by atoms with Crippen molar-refractivity contribution < 1.29 is 13.2 Å². The van der Waals surface area contributed by atoms with Crippen LogP contribution in [0.3, 0.4) is 0 Å². The Morgan fingerprint density at radius 3 is 1.21 bits per heavy atom. The van der Waals surface area contributed by atoms with Crippen molar-refractivity contribution in [1.29, 1.82) is 0 Å². The van der Waals surface area contributed by atoms with E-state index in [2.05, 4.69) is 0 Å². The van der Waals surface area contributed by atoms with Crippen LogP contribution < -0.4 is 0 Å². The Hall–Kier alpha value is 0.401. The van der Waals surface area contributed by atoms with E-state index in [1.54, 1.807) is 3.90 Å². The first kappa shape index (κ1) is 14.4. The zero-order valence-corrected chi connectivity index (χ0v) is 12.6. The number of hydrogen-bond acceptors (Lipinski definition) is 1. The Labute approximate surface area is 88.8 Å². The summed E-state index contributed by atoms with van der Waals surface area (Å²) in [5.74, 6) is -4.04. The minimum absolute atomic E-state index is 1.01. The average Bonchev–Trinajstić information content (AvgIpc) is 1.75. The SMILES string of the molecule is C[Si](C)(C)N([Si]C(F)(F)F)[Si](C)(C)C. The first-order valence-electron chi connectivity index (χ1n) is 4.49. The van der Waals surface area contributed by atoms with Gasteiger partial charge in [-0.25, -0.2) is 0 Å². The molecule has 0 saturated carbocycles. The molecule has 7 heteroatoms. The van der Waals surface area contributed by atoms with Crippen LogP contribution in [0, 0.1) is 0 Å². The highest BCUT2D eigenvalue weighted by atomic mass is 28.5. The zero-order chi connectivity index (χ0) is 11.8. The summed E-state index contributed by atoms with van der Waals surface area (Å²) in [5.41, 5.74) is 0. The van der Waals surface area contributed by atoms with Crippen LogP contribution >= 0.6 is 0 Å². The predicted octanol–water partition coefficient (Wildman–Crippen LogP) is 3.10. The largest absolute Gasteiger partial charge is 0.373 e. The summed E-state index contributed by atoms with van der Waals surface area (Å²) in [5, 5.41) is 0. The van der Waals surface area contributed by atoms with Crippen molar-refractivity contribution >= 4 is 26.2 Å². The number of nitrogens with zero attached hydrogens (tertiary/aromatic N) is 1. The van der Waals surface area contributed by atoms with E-state index in [1.807, 2.05) is 39.3 Å². The minimum Gasteiger partial charge on any atom is -0.363 e. The van der Waals surface area contributed by atoms with Gasteiger partial charge in [0.05, 0.1) is 0 Å². The van der Waals surface area contributed by atoms with E-state index in [0.717, 1.165) is 0 Å². The van der Waals surface area contributed by atoms with Crippen LogP contribution in [0.15, 0.2) is 0 Å². The fourth-order valence-electron chi connectivity index (χ4n) is 1.47. The fraction of sp³-hybridized carbons (Fsp3) is 1.00. The Kier molecular flexibility index (Phi) is 4.22. The molecule has 0 bridgehead atoms. The van der Waals surface area contributed by atoms with E-state index >= 15 is 0 Å². The molecule has 0 aromatic heterocycles. The van der Waals surface area contributed by atoms with Crippen molar-refractivity contribution in [2.24, 2.45) is 0 Å². The molecule has 0 aromatic rings. The summed E-state index contributed by atoms with van der Waals surface area (Å²) in [7, 11) is -4.70. The molecule has 0 amide bonds. The summed E-state index contributed by atoms with van der Waals surface area (Å²) in [6, 6.07) is 0. The van der Waals surface area contributed by atoms with Gasteiger partial charge in [-0.05, 0) is 0 Å². The molecule has 14 heavy (non-hydrogen) atoms. The Bertz CT molecular complexity index is 178. The molecule has 0 rings (SSSR count). The Morgan fingerprint density at radius 1 is 0.857 bits per heavy atom. The normalized spacial score (nSPS) is 15.0. The minimum atomic E-state index is -4.04. The van der Waals surface area contributed by atoms with Gasteiger partial charge < -0.3 is 3.90 Å². The zero-order valence-electron chi connectivity index (χ0n) is 9.58. The highest BCUT2D eigenvalue weighted by Crippen LogP contribution is 2.24. The number of halogens is 3. The van der Waals surface area contributed by atoms with Crippen LogP contribution in [0.5, 0.6) is 0 Å². The molecular weight excluding hydrogens is 239 g/mol. The van der Waals surface area contributed by atoms with Crippen molar-refractivity contribution in [3.05, 3.63) is 0 Å². The summed E-state index contributed by atoms with van der Waals surface area (Å²) in [4.78, 5) is 0. The summed E-state index contributed by atoms with van der Waals surface area (Å²) >= 11 is 0. The molecule has 0 saturated heterocycles. The second kappa shape index (κ2) is 4.11. The van der Waals surface area contributed by atoms with Crippen LogP contribution in [-0.2, 0) is 0 Å². The van der Waals surface area contributed by atoms with Gasteiger partial charge in [0.1, 0.15) is 16.5 Å². The quantitative estimate of drug-likeness (QED) is 0.702. The van der Waals surface area contributed by atoms with Gasteiger partial charge in [-0.1, -0.05) is 39.3 Å². The van der Waals surface area contributed by atoms with Gasteiger partial charge in [-0.15, -0.1) is 0 Å². The van der Waals surface area contributed by atoms with Gasteiger partial charge in [-0.2, -0.15) is 13.2 Å². The third-order valence-corrected chi connectivity index (χ3v) is 13.5. The molecule has 1 nitrogen and oxygen atoms in total. The molecule has 0 fully saturated rings. The lowest BCUT2D eigenvalue weighted by molar-refractivity contribution is -0.0500. The van der Waals surface area contributed by atoms with Crippen molar-refractivity contribution in [3.63, 3.8) is 0 Å². The van der Waals surface area contributed by atoms with Crippen molar-refractivity contribution in [3.8, 4) is 0 Å². The third kappa shape index (κ3) is 5.32. The Morgan fingerprint density at radius 2 is 1.14 bits per heavy atom. The average molecular weight is 257 g/mol. The standard InChI is InChI=1S/C7H18F3NSi3/c1-13(2,3)11(14(4,5)6)12-7(8,9)10/h1-6H3. The van der Waals surface area contributed by atoms with Crippen LogP contribution in [0.2, 0.25) is 39.3 Å². The van der Waals surface area contributed by atoms with Crippen LogP contribution in [-0.4, -0.2) is 35.8 Å². The lowest BCUT2D eigenvalue weighted by Gasteiger charge is -2.43. The van der Waals surface area contributed by atoms with Gasteiger partial charge in [0, 0.05) is 0 Å². The molecule has 0 aliphatic rings. The van der Waals surface area contributed by atoms with Crippen LogP contribution in [0.4, 0.5) is 13.2 Å². The van der Waals surface area contributed by atoms with E-state index in [9.17, 15) is 13.2 Å². The maximum atomic E-state index is 12.4. The first-order valence-corrected chi connectivity index (χ1v) is 12.3. The van der Waals surface area contributed by atoms with Crippen LogP contribution in [0.1, 0.15) is 0 Å². The molecule has 0 aromatic carbocycles. The van der Waals surface area contributed by atoms with Crippen molar-refractivity contribution in [2.45, 2.75) is 45.1 Å². The topological polar surface area (TPSA) is 3.24 Å². The van der Waals surface area contributed by atoms with E-state index < -0.39 is 32.0 Å². The lowest BCUT2D eigenvalue weighted by Crippen LogP contribution is -2.63. The van der Waals surface area contributed by atoms with E-state index in [1.165, 1.54) is 0 Å². The highest BCUT2D eigenvalue weighted by Gasteiger charge is 2.43. The molecule has 84 valence electrons. The van der Waals surface area contributed by atoms with Crippen molar-refractivity contribution in [1.82, 2.24) is 3.90 Å². The molecule has 0 unspecified atom stereocenters.